The summed E-state index contributed by atoms with van der Waals surface area (Å²) in [6, 6.07) is 0. The number of aliphatic hydroxyl groups is 4. The van der Waals surface area contributed by atoms with Crippen LogP contribution in [0.3, 0.4) is 0 Å². The van der Waals surface area contributed by atoms with Gasteiger partial charge in [-0.3, -0.25) is 0 Å². The standard InChI is InChI=1S/C3H6Cl2O.C3H8O3/c2*4-1-3(6)2-5/h3,6H,1-2H2;3-6H,1-2H2. The third-order valence-electron chi connectivity index (χ3n) is 0.778. The predicted octanol–water partition coefficient (Wildman–Crippen LogP) is -0.843. The van der Waals surface area contributed by atoms with Crippen molar-refractivity contribution in [1.29, 1.82) is 0 Å². The molecule has 0 saturated carbocycles. The Morgan fingerprint density at radius 3 is 1.17 bits per heavy atom. The molecule has 0 aliphatic heterocycles. The lowest BCUT2D eigenvalue weighted by molar-refractivity contribution is 0.0450. The molecule has 12 heavy (non-hydrogen) atoms. The summed E-state index contributed by atoms with van der Waals surface area (Å²) < 4.78 is 0. The first-order chi connectivity index (χ1) is 5.62. The van der Waals surface area contributed by atoms with Crippen LogP contribution in [0.1, 0.15) is 0 Å². The molecule has 0 heterocycles. The van der Waals surface area contributed by atoms with Crippen molar-refractivity contribution in [3.05, 3.63) is 0 Å². The van der Waals surface area contributed by atoms with E-state index < -0.39 is 12.2 Å². The van der Waals surface area contributed by atoms with Crippen LogP contribution < -0.4 is 0 Å². The van der Waals surface area contributed by atoms with Gasteiger partial charge in [0, 0.05) is 11.8 Å². The van der Waals surface area contributed by atoms with Crippen molar-refractivity contribution in [2.24, 2.45) is 0 Å². The highest BCUT2D eigenvalue weighted by Gasteiger charge is 1.94. The Morgan fingerprint density at radius 1 is 0.833 bits per heavy atom. The number of aliphatic hydroxyl groups excluding tert-OH is 4. The molecule has 4 nitrogen and oxygen atoms in total. The summed E-state index contributed by atoms with van der Waals surface area (Å²) in [4.78, 5) is 0. The largest absolute Gasteiger partial charge is 0.394 e. The molecular weight excluding hydrogens is 207 g/mol. The average Bonchev–Trinajstić information content (AvgIpc) is 2.16. The van der Waals surface area contributed by atoms with E-state index >= 15 is 0 Å². The van der Waals surface area contributed by atoms with E-state index in [4.69, 9.17) is 43.6 Å². The van der Waals surface area contributed by atoms with Crippen molar-refractivity contribution in [3.8, 4) is 0 Å². The van der Waals surface area contributed by atoms with Gasteiger partial charge in [-0.15, -0.1) is 23.2 Å². The molecule has 0 aromatic carbocycles. The molecule has 0 rings (SSSR count). The van der Waals surface area contributed by atoms with Crippen LogP contribution in [0.5, 0.6) is 0 Å². The minimum Gasteiger partial charge on any atom is -0.394 e. The molecule has 0 radical (unpaired) electrons. The van der Waals surface area contributed by atoms with Gasteiger partial charge < -0.3 is 20.4 Å². The summed E-state index contributed by atoms with van der Waals surface area (Å²) >= 11 is 10.2. The van der Waals surface area contributed by atoms with E-state index in [2.05, 4.69) is 0 Å². The Bertz CT molecular complexity index is 65.9. The molecule has 6 heteroatoms. The van der Waals surface area contributed by atoms with E-state index in [9.17, 15) is 0 Å². The lowest BCUT2D eigenvalue weighted by atomic mass is 10.4. The highest BCUT2D eigenvalue weighted by molar-refractivity contribution is 6.21. The Hall–Kier alpha value is 0.420. The number of rotatable bonds is 4. The summed E-state index contributed by atoms with van der Waals surface area (Å²) in [5.74, 6) is 0.451. The fraction of sp³-hybridized carbons (Fsp3) is 1.00. The van der Waals surface area contributed by atoms with Gasteiger partial charge in [-0.05, 0) is 0 Å². The molecule has 76 valence electrons. The van der Waals surface area contributed by atoms with E-state index in [0.29, 0.717) is 0 Å². The molecule has 0 amide bonds. The normalized spacial score (nSPS) is 10.0. The quantitative estimate of drug-likeness (QED) is 0.466. The summed E-state index contributed by atoms with van der Waals surface area (Å²) in [5.41, 5.74) is 0. The fourth-order valence-electron chi connectivity index (χ4n) is 0.0990. The van der Waals surface area contributed by atoms with Crippen molar-refractivity contribution in [2.75, 3.05) is 25.0 Å². The summed E-state index contributed by atoms with van der Waals surface area (Å²) in [6.45, 7) is -0.729. The SMILES string of the molecule is OC(CCl)CCl.OCC(O)CO. The highest BCUT2D eigenvalue weighted by Crippen LogP contribution is 1.88. The third-order valence-corrected chi connectivity index (χ3v) is 1.49. The zero-order valence-electron chi connectivity index (χ0n) is 6.53. The second kappa shape index (κ2) is 11.4. The molecule has 0 bridgehead atoms. The van der Waals surface area contributed by atoms with Gasteiger partial charge >= 0.3 is 0 Å². The molecule has 0 aliphatic carbocycles. The molecule has 0 aromatic heterocycles. The second-order valence-electron chi connectivity index (χ2n) is 1.98. The summed E-state index contributed by atoms with van der Waals surface area (Å²) in [6.07, 6.45) is -1.49. The van der Waals surface area contributed by atoms with Gasteiger partial charge in [0.25, 0.3) is 0 Å². The molecule has 0 aliphatic rings. The van der Waals surface area contributed by atoms with E-state index in [-0.39, 0.29) is 25.0 Å². The Morgan fingerprint density at radius 2 is 1.17 bits per heavy atom. The Labute approximate surface area is 81.4 Å². The van der Waals surface area contributed by atoms with Gasteiger partial charge in [-0.2, -0.15) is 0 Å². The van der Waals surface area contributed by atoms with Crippen LogP contribution in [-0.4, -0.2) is 57.6 Å². The van der Waals surface area contributed by atoms with Crippen LogP contribution in [0.4, 0.5) is 0 Å². The highest BCUT2D eigenvalue weighted by atomic mass is 35.5. The molecular formula is C6H14Cl2O4. The van der Waals surface area contributed by atoms with Crippen molar-refractivity contribution in [1.82, 2.24) is 0 Å². The first-order valence-electron chi connectivity index (χ1n) is 3.32. The number of alkyl halides is 2. The van der Waals surface area contributed by atoms with Gasteiger partial charge in [0.05, 0.1) is 19.3 Å². The monoisotopic (exact) mass is 220 g/mol. The second-order valence-corrected chi connectivity index (χ2v) is 2.60. The predicted molar refractivity (Wildman–Crippen MR) is 47.6 cm³/mol. The molecule has 0 aromatic rings. The molecule has 0 atom stereocenters. The smallest absolute Gasteiger partial charge is 0.100 e. The van der Waals surface area contributed by atoms with Crippen molar-refractivity contribution < 1.29 is 20.4 Å². The van der Waals surface area contributed by atoms with Crippen LogP contribution in [0.25, 0.3) is 0 Å². The van der Waals surface area contributed by atoms with Crippen LogP contribution >= 0.6 is 23.2 Å². The maximum atomic E-state index is 8.40. The van der Waals surface area contributed by atoms with Gasteiger partial charge in [0.2, 0.25) is 0 Å². The van der Waals surface area contributed by atoms with Crippen LogP contribution in [0.15, 0.2) is 0 Å². The lowest BCUT2D eigenvalue weighted by Gasteiger charge is -1.96. The third kappa shape index (κ3) is 13.0. The Balaban J connectivity index is 0. The van der Waals surface area contributed by atoms with Gasteiger partial charge in [-0.25, -0.2) is 0 Å². The first kappa shape index (κ1) is 14.9. The molecule has 4 N–H and O–H groups in total. The molecule has 0 fully saturated rings. The van der Waals surface area contributed by atoms with Gasteiger partial charge in [0.1, 0.15) is 6.10 Å². The maximum Gasteiger partial charge on any atom is 0.100 e. The van der Waals surface area contributed by atoms with Crippen LogP contribution in [0, 0.1) is 0 Å². The average molecular weight is 221 g/mol. The molecule has 0 spiro atoms. The zero-order valence-corrected chi connectivity index (χ0v) is 8.04. The van der Waals surface area contributed by atoms with Crippen molar-refractivity contribution in [2.45, 2.75) is 12.2 Å². The summed E-state index contributed by atoms with van der Waals surface area (Å²) in [7, 11) is 0. The molecule has 0 unspecified atom stereocenters. The molecule has 0 saturated heterocycles. The maximum absolute atomic E-state index is 8.40. The number of halogens is 2. The fourth-order valence-corrected chi connectivity index (χ4v) is 0.429. The minimum absolute atomic E-state index is 0.226. The van der Waals surface area contributed by atoms with E-state index in [1.165, 1.54) is 0 Å². The lowest BCUT2D eigenvalue weighted by Crippen LogP contribution is -2.15. The number of hydrogen-bond acceptors (Lipinski definition) is 4. The topological polar surface area (TPSA) is 80.9 Å². The minimum atomic E-state index is -0.954. The van der Waals surface area contributed by atoms with Gasteiger partial charge in [0.15, 0.2) is 0 Å². The van der Waals surface area contributed by atoms with Crippen molar-refractivity contribution in [3.63, 3.8) is 0 Å². The zero-order chi connectivity index (χ0) is 9.98. The summed E-state index contributed by atoms with van der Waals surface area (Å²) in [5, 5.41) is 32.4. The van der Waals surface area contributed by atoms with Crippen molar-refractivity contribution >= 4 is 23.2 Å². The first-order valence-corrected chi connectivity index (χ1v) is 4.39. The van der Waals surface area contributed by atoms with E-state index in [1.807, 2.05) is 0 Å². The van der Waals surface area contributed by atoms with Crippen LogP contribution in [-0.2, 0) is 0 Å². The number of hydrogen-bond donors (Lipinski definition) is 4. The van der Waals surface area contributed by atoms with Crippen LogP contribution in [0.2, 0.25) is 0 Å². The van der Waals surface area contributed by atoms with E-state index in [0.717, 1.165) is 0 Å². The van der Waals surface area contributed by atoms with Gasteiger partial charge in [-0.1, -0.05) is 0 Å². The van der Waals surface area contributed by atoms with E-state index in [1.54, 1.807) is 0 Å². The Kier molecular flexibility index (Phi) is 14.2.